The minimum atomic E-state index is 0.456. The third-order valence-electron chi connectivity index (χ3n) is 4.01. The van der Waals surface area contributed by atoms with Crippen LogP contribution in [0.25, 0.3) is 0 Å². The van der Waals surface area contributed by atoms with E-state index in [0.29, 0.717) is 11.6 Å². The molecule has 1 heterocycles. The molecule has 2 aliphatic rings. The van der Waals surface area contributed by atoms with Crippen LogP contribution in [-0.2, 0) is 4.74 Å². The van der Waals surface area contributed by atoms with E-state index in [-0.39, 0.29) is 0 Å². The van der Waals surface area contributed by atoms with Crippen LogP contribution < -0.4 is 5.32 Å². The van der Waals surface area contributed by atoms with Gasteiger partial charge in [-0.3, -0.25) is 0 Å². The Balaban J connectivity index is 1.78. The Morgan fingerprint density at radius 3 is 2.43 bits per heavy atom. The van der Waals surface area contributed by atoms with Gasteiger partial charge in [-0.05, 0) is 51.9 Å². The molecular weight excluding hydrogens is 174 g/mol. The first-order valence-electron chi connectivity index (χ1n) is 6.05. The molecule has 2 heteroatoms. The van der Waals surface area contributed by atoms with E-state index in [4.69, 9.17) is 4.74 Å². The Morgan fingerprint density at radius 2 is 1.93 bits per heavy atom. The van der Waals surface area contributed by atoms with E-state index in [9.17, 15) is 0 Å². The van der Waals surface area contributed by atoms with Crippen LogP contribution in [0.1, 0.15) is 46.0 Å². The van der Waals surface area contributed by atoms with Crippen LogP contribution in [0.15, 0.2) is 0 Å². The number of nitrogens with one attached hydrogen (secondary N) is 1. The Hall–Kier alpha value is -0.0800. The van der Waals surface area contributed by atoms with Crippen molar-refractivity contribution in [2.24, 2.45) is 5.92 Å². The quantitative estimate of drug-likeness (QED) is 0.750. The van der Waals surface area contributed by atoms with E-state index >= 15 is 0 Å². The van der Waals surface area contributed by atoms with Gasteiger partial charge in [-0.1, -0.05) is 0 Å². The summed E-state index contributed by atoms with van der Waals surface area (Å²) in [6.45, 7) is 6.65. The highest BCUT2D eigenvalue weighted by atomic mass is 16.5. The SMILES string of the molecule is CC(NC1(C)CCC1)C1CCOCC1. The molecule has 1 unspecified atom stereocenters. The van der Waals surface area contributed by atoms with Crippen molar-refractivity contribution < 1.29 is 4.74 Å². The summed E-state index contributed by atoms with van der Waals surface area (Å²) in [5.74, 6) is 0.834. The van der Waals surface area contributed by atoms with Crippen LogP contribution in [0, 0.1) is 5.92 Å². The van der Waals surface area contributed by atoms with Gasteiger partial charge in [-0.25, -0.2) is 0 Å². The maximum atomic E-state index is 5.39. The topological polar surface area (TPSA) is 21.3 Å². The third-order valence-corrected chi connectivity index (χ3v) is 4.01. The molecule has 1 aliphatic carbocycles. The number of hydrogen-bond donors (Lipinski definition) is 1. The zero-order chi connectivity index (χ0) is 10.0. The van der Waals surface area contributed by atoms with Gasteiger partial charge in [-0.2, -0.15) is 0 Å². The van der Waals surface area contributed by atoms with Crippen molar-refractivity contribution in [3.05, 3.63) is 0 Å². The molecule has 0 radical (unpaired) electrons. The molecule has 0 aromatic carbocycles. The van der Waals surface area contributed by atoms with E-state index in [1.54, 1.807) is 0 Å². The zero-order valence-electron chi connectivity index (χ0n) is 9.51. The van der Waals surface area contributed by atoms with Crippen molar-refractivity contribution in [1.82, 2.24) is 5.32 Å². The second-order valence-corrected chi connectivity index (χ2v) is 5.30. The molecule has 1 aliphatic heterocycles. The minimum Gasteiger partial charge on any atom is -0.381 e. The summed E-state index contributed by atoms with van der Waals surface area (Å²) >= 11 is 0. The van der Waals surface area contributed by atoms with E-state index in [0.717, 1.165) is 19.1 Å². The third kappa shape index (κ3) is 2.29. The van der Waals surface area contributed by atoms with Crippen molar-refractivity contribution >= 4 is 0 Å². The molecule has 2 rings (SSSR count). The Labute approximate surface area is 87.4 Å². The molecule has 1 atom stereocenters. The molecule has 14 heavy (non-hydrogen) atoms. The predicted molar refractivity (Wildman–Crippen MR) is 58.4 cm³/mol. The summed E-state index contributed by atoms with van der Waals surface area (Å²) in [5.41, 5.74) is 0.456. The Kier molecular flexibility index (Phi) is 3.13. The first-order valence-corrected chi connectivity index (χ1v) is 6.05. The maximum absolute atomic E-state index is 5.39. The molecule has 0 aromatic rings. The van der Waals surface area contributed by atoms with Crippen LogP contribution in [-0.4, -0.2) is 24.8 Å². The van der Waals surface area contributed by atoms with Crippen molar-refractivity contribution in [2.75, 3.05) is 13.2 Å². The van der Waals surface area contributed by atoms with Crippen LogP contribution in [0.2, 0.25) is 0 Å². The number of rotatable bonds is 3. The van der Waals surface area contributed by atoms with Crippen molar-refractivity contribution in [1.29, 1.82) is 0 Å². The fraction of sp³-hybridized carbons (Fsp3) is 1.00. The molecule has 0 spiro atoms. The molecule has 0 bridgehead atoms. The largest absolute Gasteiger partial charge is 0.381 e. The highest BCUT2D eigenvalue weighted by Gasteiger charge is 2.34. The lowest BCUT2D eigenvalue weighted by Gasteiger charge is -2.44. The van der Waals surface area contributed by atoms with Gasteiger partial charge in [0.1, 0.15) is 0 Å². The monoisotopic (exact) mass is 197 g/mol. The first kappa shape index (κ1) is 10.4. The van der Waals surface area contributed by atoms with Gasteiger partial charge in [0, 0.05) is 24.8 Å². The van der Waals surface area contributed by atoms with Gasteiger partial charge in [0.25, 0.3) is 0 Å². The van der Waals surface area contributed by atoms with E-state index in [1.165, 1.54) is 32.1 Å². The number of hydrogen-bond acceptors (Lipinski definition) is 2. The van der Waals surface area contributed by atoms with Gasteiger partial charge in [0.15, 0.2) is 0 Å². The standard InChI is InChI=1S/C12H23NO/c1-10(11-4-8-14-9-5-11)13-12(2)6-3-7-12/h10-11,13H,3-9H2,1-2H3. The van der Waals surface area contributed by atoms with Crippen LogP contribution in [0.3, 0.4) is 0 Å². The predicted octanol–water partition coefficient (Wildman–Crippen LogP) is 2.33. The highest BCUT2D eigenvalue weighted by Crippen LogP contribution is 2.33. The van der Waals surface area contributed by atoms with Crippen LogP contribution >= 0.6 is 0 Å². The summed E-state index contributed by atoms with van der Waals surface area (Å²) in [7, 11) is 0. The van der Waals surface area contributed by atoms with E-state index < -0.39 is 0 Å². The summed E-state index contributed by atoms with van der Waals surface area (Å²) < 4.78 is 5.39. The molecule has 1 saturated heterocycles. The Bertz CT molecular complexity index is 183. The average molecular weight is 197 g/mol. The minimum absolute atomic E-state index is 0.456. The second kappa shape index (κ2) is 4.19. The molecular formula is C12H23NO. The fourth-order valence-corrected chi connectivity index (χ4v) is 2.73. The van der Waals surface area contributed by atoms with Crippen molar-refractivity contribution in [3.8, 4) is 0 Å². The van der Waals surface area contributed by atoms with Gasteiger partial charge < -0.3 is 10.1 Å². The lowest BCUT2D eigenvalue weighted by atomic mass is 9.77. The first-order chi connectivity index (χ1) is 6.70. The smallest absolute Gasteiger partial charge is 0.0469 e. The maximum Gasteiger partial charge on any atom is 0.0469 e. The Morgan fingerprint density at radius 1 is 1.29 bits per heavy atom. The normalized spacial score (nSPS) is 29.6. The molecule has 2 fully saturated rings. The molecule has 2 nitrogen and oxygen atoms in total. The molecule has 82 valence electrons. The lowest BCUT2D eigenvalue weighted by Crippen LogP contribution is -2.54. The summed E-state index contributed by atoms with van der Waals surface area (Å²) in [4.78, 5) is 0. The molecule has 0 aromatic heterocycles. The summed E-state index contributed by atoms with van der Waals surface area (Å²) in [6.07, 6.45) is 6.61. The van der Waals surface area contributed by atoms with Gasteiger partial charge >= 0.3 is 0 Å². The van der Waals surface area contributed by atoms with Gasteiger partial charge in [0.2, 0.25) is 0 Å². The highest BCUT2D eigenvalue weighted by molar-refractivity contribution is 4.94. The molecule has 1 N–H and O–H groups in total. The van der Waals surface area contributed by atoms with Crippen LogP contribution in [0.5, 0.6) is 0 Å². The molecule has 1 saturated carbocycles. The second-order valence-electron chi connectivity index (χ2n) is 5.30. The zero-order valence-corrected chi connectivity index (χ0v) is 9.51. The van der Waals surface area contributed by atoms with Crippen LogP contribution in [0.4, 0.5) is 0 Å². The summed E-state index contributed by atoms with van der Waals surface area (Å²) in [6, 6.07) is 0.671. The average Bonchev–Trinajstić information content (AvgIpc) is 2.17. The van der Waals surface area contributed by atoms with Crippen molar-refractivity contribution in [3.63, 3.8) is 0 Å². The van der Waals surface area contributed by atoms with Crippen molar-refractivity contribution in [2.45, 2.75) is 57.5 Å². The van der Waals surface area contributed by atoms with E-state index in [1.807, 2.05) is 0 Å². The van der Waals surface area contributed by atoms with Gasteiger partial charge in [0.05, 0.1) is 0 Å². The summed E-state index contributed by atoms with van der Waals surface area (Å²) in [5, 5.41) is 3.81. The van der Waals surface area contributed by atoms with Gasteiger partial charge in [-0.15, -0.1) is 0 Å². The lowest BCUT2D eigenvalue weighted by molar-refractivity contribution is 0.0462. The fourth-order valence-electron chi connectivity index (χ4n) is 2.73. The number of ether oxygens (including phenoxy) is 1. The van der Waals surface area contributed by atoms with E-state index in [2.05, 4.69) is 19.2 Å². The molecule has 0 amide bonds.